The number of rotatable bonds is 7. The van der Waals surface area contributed by atoms with E-state index in [1.54, 1.807) is 18.5 Å². The highest BCUT2D eigenvalue weighted by atomic mass is 19.1. The van der Waals surface area contributed by atoms with Crippen LogP contribution in [0.3, 0.4) is 0 Å². The van der Waals surface area contributed by atoms with Gasteiger partial charge < -0.3 is 10.2 Å². The second-order valence-electron chi connectivity index (χ2n) is 13.2. The molecule has 2 aromatic heterocycles. The Morgan fingerprint density at radius 3 is 2.70 bits per heavy atom. The minimum Gasteiger partial charge on any atom is -0.311 e. The van der Waals surface area contributed by atoms with Gasteiger partial charge in [-0.15, -0.1) is 0 Å². The van der Waals surface area contributed by atoms with Gasteiger partial charge >= 0.3 is 0 Å². The molecule has 5 heterocycles. The summed E-state index contributed by atoms with van der Waals surface area (Å²) in [6.45, 7) is 15.3. The molecule has 0 radical (unpaired) electrons. The maximum absolute atomic E-state index is 14.2. The molecule has 11 heteroatoms. The first-order valence-corrected chi connectivity index (χ1v) is 15.3. The molecule has 1 N–H and O–H groups in total. The number of fused-ring (bicyclic) bond motifs is 3. The van der Waals surface area contributed by atoms with Crippen LogP contribution < -0.4 is 10.2 Å². The highest BCUT2D eigenvalue weighted by Crippen LogP contribution is 2.42. The van der Waals surface area contributed by atoms with Crippen LogP contribution in [-0.4, -0.2) is 112 Å². The van der Waals surface area contributed by atoms with Crippen molar-refractivity contribution in [3.63, 3.8) is 0 Å². The molecule has 3 aliphatic heterocycles. The van der Waals surface area contributed by atoms with Crippen LogP contribution >= 0.6 is 0 Å². The number of piperazine rings is 2. The molecule has 2 fully saturated rings. The molecule has 2 saturated heterocycles. The van der Waals surface area contributed by atoms with Crippen molar-refractivity contribution in [1.29, 1.82) is 5.26 Å². The molecule has 228 valence electrons. The van der Waals surface area contributed by atoms with Gasteiger partial charge in [0.25, 0.3) is 0 Å². The summed E-state index contributed by atoms with van der Waals surface area (Å²) >= 11 is 0. The number of anilines is 1. The molecule has 0 aliphatic carbocycles. The van der Waals surface area contributed by atoms with E-state index in [1.807, 2.05) is 9.42 Å². The zero-order valence-electron chi connectivity index (χ0n) is 25.6. The van der Waals surface area contributed by atoms with Gasteiger partial charge in [-0.1, -0.05) is 26.0 Å². The van der Waals surface area contributed by atoms with Crippen LogP contribution in [0.15, 0.2) is 36.7 Å². The van der Waals surface area contributed by atoms with E-state index < -0.39 is 0 Å². The summed E-state index contributed by atoms with van der Waals surface area (Å²) in [5.74, 6) is -0.176. The smallest absolute Gasteiger partial charge is 0.241 e. The lowest BCUT2D eigenvalue weighted by atomic mass is 9.90. The summed E-state index contributed by atoms with van der Waals surface area (Å²) in [5, 5.41) is 17.3. The van der Waals surface area contributed by atoms with Crippen LogP contribution in [0.2, 0.25) is 0 Å². The highest BCUT2D eigenvalue weighted by molar-refractivity contribution is 5.97. The molecule has 0 spiro atoms. The number of hydrogen-bond acceptors (Lipinski definition) is 8. The Morgan fingerprint density at radius 2 is 1.95 bits per heavy atom. The molecule has 3 aliphatic rings. The number of nitrogens with zero attached hydrogens (tertiary/aromatic N) is 8. The molecule has 0 bridgehead atoms. The summed E-state index contributed by atoms with van der Waals surface area (Å²) in [6.07, 6.45) is 2.13. The number of nitrogens with one attached hydrogen (secondary N) is 1. The predicted octanol–water partition coefficient (Wildman–Crippen LogP) is 2.28. The van der Waals surface area contributed by atoms with Crippen LogP contribution in [-0.2, 0) is 16.6 Å². The van der Waals surface area contributed by atoms with Crippen molar-refractivity contribution in [1.82, 2.24) is 34.6 Å². The summed E-state index contributed by atoms with van der Waals surface area (Å²) < 4.78 is 15.5. The van der Waals surface area contributed by atoms with Crippen molar-refractivity contribution in [3.8, 4) is 6.07 Å². The van der Waals surface area contributed by atoms with Gasteiger partial charge in [-0.25, -0.2) is 13.9 Å². The van der Waals surface area contributed by atoms with Gasteiger partial charge in [0.2, 0.25) is 5.91 Å². The summed E-state index contributed by atoms with van der Waals surface area (Å²) in [6, 6.07) is 11.8. The van der Waals surface area contributed by atoms with Crippen molar-refractivity contribution < 1.29 is 9.18 Å². The molecule has 43 heavy (non-hydrogen) atoms. The first-order valence-electron chi connectivity index (χ1n) is 15.3. The van der Waals surface area contributed by atoms with Gasteiger partial charge in [0.1, 0.15) is 12.1 Å². The fraction of sp³-hybridized carbons (Fsp3) is 0.562. The monoisotopic (exact) mass is 587 g/mol. The van der Waals surface area contributed by atoms with Gasteiger partial charge in [0.15, 0.2) is 5.65 Å². The Kier molecular flexibility index (Phi) is 8.22. The van der Waals surface area contributed by atoms with Gasteiger partial charge in [-0.05, 0) is 37.6 Å². The molecule has 3 atom stereocenters. The van der Waals surface area contributed by atoms with E-state index in [2.05, 4.69) is 69.9 Å². The molecule has 0 saturated carbocycles. The van der Waals surface area contributed by atoms with E-state index in [-0.39, 0.29) is 23.2 Å². The lowest BCUT2D eigenvalue weighted by molar-refractivity contribution is -0.121. The van der Waals surface area contributed by atoms with Crippen molar-refractivity contribution in [2.24, 2.45) is 0 Å². The number of carbonyl (C=O) groups excluding carboxylic acids is 1. The van der Waals surface area contributed by atoms with Crippen LogP contribution in [0.4, 0.5) is 10.1 Å². The third-order valence-electron chi connectivity index (χ3n) is 9.35. The molecular formula is C32H42FN9O. The zero-order valence-corrected chi connectivity index (χ0v) is 25.6. The molecule has 1 amide bonds. The van der Waals surface area contributed by atoms with Crippen LogP contribution in [0.25, 0.3) is 5.65 Å². The first kappa shape index (κ1) is 29.6. The zero-order chi connectivity index (χ0) is 30.3. The standard InChI is InChI=1S/C32H42FN9O/c1-22-16-40(27(15-35-22)18-39-12-11-38(10-9-34)17-23(39)2)19-29(43)41-20-32(3,4)30-28(41)14-25(31-36-21-37-42(30)31)13-24-5-7-26(33)8-6-24/h5-8,14,21-23,27,35H,10-13,15-20H2,1-4H3/t22-,23-,27-/m1/s1. The first-order chi connectivity index (χ1) is 20.6. The van der Waals surface area contributed by atoms with Crippen LogP contribution in [0.1, 0.15) is 44.5 Å². The number of amides is 1. The van der Waals surface area contributed by atoms with Crippen molar-refractivity contribution in [2.75, 3.05) is 63.8 Å². The second kappa shape index (κ2) is 11.9. The highest BCUT2D eigenvalue weighted by Gasteiger charge is 2.42. The minimum atomic E-state index is -0.306. The number of pyridine rings is 1. The van der Waals surface area contributed by atoms with E-state index in [0.29, 0.717) is 38.1 Å². The van der Waals surface area contributed by atoms with E-state index in [0.717, 1.165) is 67.4 Å². The van der Waals surface area contributed by atoms with E-state index in [4.69, 9.17) is 5.26 Å². The van der Waals surface area contributed by atoms with E-state index in [1.165, 1.54) is 12.1 Å². The maximum Gasteiger partial charge on any atom is 0.241 e. The predicted molar refractivity (Wildman–Crippen MR) is 163 cm³/mol. The van der Waals surface area contributed by atoms with Crippen LogP contribution in [0, 0.1) is 17.1 Å². The lowest BCUT2D eigenvalue weighted by Crippen LogP contribution is -2.63. The topological polar surface area (TPSA) is 96.0 Å². The molecule has 0 unspecified atom stereocenters. The Morgan fingerprint density at radius 1 is 1.16 bits per heavy atom. The average molecular weight is 588 g/mol. The van der Waals surface area contributed by atoms with E-state index >= 15 is 0 Å². The number of hydrogen-bond donors (Lipinski definition) is 1. The largest absolute Gasteiger partial charge is 0.311 e. The Bertz CT molecular complexity index is 1510. The Hall–Kier alpha value is -3.43. The molecular weight excluding hydrogens is 545 g/mol. The maximum atomic E-state index is 14.2. The van der Waals surface area contributed by atoms with Gasteiger partial charge in [0, 0.05) is 81.3 Å². The van der Waals surface area contributed by atoms with Gasteiger partial charge in [-0.2, -0.15) is 10.4 Å². The number of carbonyl (C=O) groups is 1. The number of aromatic nitrogens is 3. The minimum absolute atomic E-state index is 0.0880. The fourth-order valence-corrected chi connectivity index (χ4v) is 7.12. The summed E-state index contributed by atoms with van der Waals surface area (Å²) in [5.41, 5.74) is 4.27. The SMILES string of the molecule is C[C@@H]1CN(CC(=O)N2CC(C)(C)c3c2cc(Cc2ccc(F)cc2)c2ncnn32)[C@@H](CN2CCN(CC#N)C[C@H]2C)CN1. The molecule has 10 nitrogen and oxygen atoms in total. The normalized spacial score (nSPS) is 24.7. The lowest BCUT2D eigenvalue weighted by Gasteiger charge is -2.45. The van der Waals surface area contributed by atoms with Crippen LogP contribution in [0.5, 0.6) is 0 Å². The van der Waals surface area contributed by atoms with Crippen molar-refractivity contribution in [3.05, 3.63) is 59.3 Å². The number of halogens is 1. The molecule has 6 rings (SSSR count). The third kappa shape index (κ3) is 6.02. The van der Waals surface area contributed by atoms with E-state index in [9.17, 15) is 9.18 Å². The van der Waals surface area contributed by atoms with Gasteiger partial charge in [0.05, 0.1) is 30.5 Å². The quantitative estimate of drug-likeness (QED) is 0.421. The number of benzene rings is 1. The average Bonchev–Trinajstić information content (AvgIpc) is 3.55. The molecule has 1 aromatic carbocycles. The van der Waals surface area contributed by atoms with Crippen molar-refractivity contribution >= 4 is 17.2 Å². The number of nitriles is 1. The van der Waals surface area contributed by atoms with Crippen molar-refractivity contribution in [2.45, 2.75) is 57.7 Å². The summed E-state index contributed by atoms with van der Waals surface area (Å²) in [4.78, 5) is 27.8. The fourth-order valence-electron chi connectivity index (χ4n) is 7.12. The second-order valence-corrected chi connectivity index (χ2v) is 13.2. The van der Waals surface area contributed by atoms with Gasteiger partial charge in [-0.3, -0.25) is 19.5 Å². The summed E-state index contributed by atoms with van der Waals surface area (Å²) in [7, 11) is 0. The third-order valence-corrected chi connectivity index (χ3v) is 9.35. The Labute approximate surface area is 253 Å². The molecule has 3 aromatic rings. The Balaban J connectivity index is 1.24.